The molecular formula is C17H14F3N3O5. The van der Waals surface area contributed by atoms with Crippen molar-refractivity contribution in [3.8, 4) is 0 Å². The summed E-state index contributed by atoms with van der Waals surface area (Å²) < 4.78 is 43.0. The number of nitrogen functional groups attached to an aromatic ring is 1. The van der Waals surface area contributed by atoms with Gasteiger partial charge in [-0.05, 0) is 23.8 Å². The van der Waals surface area contributed by atoms with Gasteiger partial charge in [0.15, 0.2) is 6.61 Å². The molecule has 0 aliphatic heterocycles. The molecule has 0 fully saturated rings. The summed E-state index contributed by atoms with van der Waals surface area (Å²) in [6, 6.07) is 4.01. The second-order valence-electron chi connectivity index (χ2n) is 5.56. The first-order valence-corrected chi connectivity index (χ1v) is 7.64. The van der Waals surface area contributed by atoms with Crippen molar-refractivity contribution in [1.82, 2.24) is 9.55 Å². The molecule has 1 heterocycles. The molecule has 2 aromatic rings. The molecule has 0 unspecified atom stereocenters. The molecule has 0 spiro atoms. The first-order valence-electron chi connectivity index (χ1n) is 7.64. The van der Waals surface area contributed by atoms with Crippen molar-refractivity contribution in [3.05, 3.63) is 67.9 Å². The SMILES string of the molecule is Cn1c(N)c(C(=O)COC(=O)/C=C/c2ccc(C(F)(F)F)cc2)c(=O)[nH]c1=O. The minimum atomic E-state index is -4.47. The van der Waals surface area contributed by atoms with Crippen LogP contribution in [0.3, 0.4) is 0 Å². The van der Waals surface area contributed by atoms with Crippen LogP contribution in [0.5, 0.6) is 0 Å². The highest BCUT2D eigenvalue weighted by molar-refractivity contribution is 6.01. The number of esters is 1. The summed E-state index contributed by atoms with van der Waals surface area (Å²) in [7, 11) is 1.24. The highest BCUT2D eigenvalue weighted by atomic mass is 19.4. The van der Waals surface area contributed by atoms with Crippen LogP contribution in [-0.4, -0.2) is 27.9 Å². The van der Waals surface area contributed by atoms with Crippen molar-refractivity contribution in [3.63, 3.8) is 0 Å². The third-order valence-electron chi connectivity index (χ3n) is 3.64. The number of ether oxygens (including phenoxy) is 1. The second kappa shape index (κ2) is 7.94. The molecule has 8 nitrogen and oxygen atoms in total. The zero-order chi connectivity index (χ0) is 21.1. The van der Waals surface area contributed by atoms with E-state index in [2.05, 4.69) is 4.74 Å². The monoisotopic (exact) mass is 397 g/mol. The number of Topliss-reactive ketones (excluding diaryl/α,β-unsaturated/α-hetero) is 1. The van der Waals surface area contributed by atoms with Gasteiger partial charge in [0, 0.05) is 13.1 Å². The maximum Gasteiger partial charge on any atom is 0.416 e. The third-order valence-corrected chi connectivity index (χ3v) is 3.64. The van der Waals surface area contributed by atoms with Crippen LogP contribution in [0.4, 0.5) is 19.0 Å². The number of rotatable bonds is 5. The van der Waals surface area contributed by atoms with E-state index in [1.807, 2.05) is 4.98 Å². The lowest BCUT2D eigenvalue weighted by Gasteiger charge is -2.07. The van der Waals surface area contributed by atoms with Gasteiger partial charge < -0.3 is 10.5 Å². The van der Waals surface area contributed by atoms with Crippen molar-refractivity contribution < 1.29 is 27.5 Å². The number of alkyl halides is 3. The molecule has 2 rings (SSSR count). The summed E-state index contributed by atoms with van der Waals surface area (Å²) in [4.78, 5) is 48.6. The Bertz CT molecular complexity index is 1050. The zero-order valence-electron chi connectivity index (χ0n) is 14.4. The van der Waals surface area contributed by atoms with Crippen molar-refractivity contribution >= 4 is 23.6 Å². The van der Waals surface area contributed by atoms with E-state index >= 15 is 0 Å². The number of nitrogens with one attached hydrogen (secondary N) is 1. The van der Waals surface area contributed by atoms with Gasteiger partial charge >= 0.3 is 17.8 Å². The molecule has 3 N–H and O–H groups in total. The van der Waals surface area contributed by atoms with Gasteiger partial charge in [0.2, 0.25) is 5.78 Å². The van der Waals surface area contributed by atoms with Gasteiger partial charge in [0.05, 0.1) is 5.56 Å². The predicted molar refractivity (Wildman–Crippen MR) is 92.5 cm³/mol. The molecule has 0 aliphatic carbocycles. The van der Waals surface area contributed by atoms with E-state index in [1.54, 1.807) is 0 Å². The number of aromatic amines is 1. The number of nitrogens with zero attached hydrogens (tertiary/aromatic N) is 1. The lowest BCUT2D eigenvalue weighted by Crippen LogP contribution is -2.35. The van der Waals surface area contributed by atoms with Gasteiger partial charge in [-0.2, -0.15) is 13.2 Å². The van der Waals surface area contributed by atoms with E-state index in [4.69, 9.17) is 5.73 Å². The number of hydrogen-bond acceptors (Lipinski definition) is 6. The Labute approximate surface area is 155 Å². The van der Waals surface area contributed by atoms with Crippen molar-refractivity contribution in [2.75, 3.05) is 12.3 Å². The smallest absolute Gasteiger partial charge is 0.416 e. The highest BCUT2D eigenvalue weighted by Crippen LogP contribution is 2.29. The van der Waals surface area contributed by atoms with Crippen LogP contribution in [0.1, 0.15) is 21.5 Å². The van der Waals surface area contributed by atoms with Crippen molar-refractivity contribution in [2.24, 2.45) is 7.05 Å². The van der Waals surface area contributed by atoms with E-state index < -0.39 is 46.9 Å². The number of ketones is 1. The van der Waals surface area contributed by atoms with Crippen LogP contribution in [0.25, 0.3) is 6.08 Å². The summed E-state index contributed by atoms with van der Waals surface area (Å²) in [5.41, 5.74) is 2.67. The van der Waals surface area contributed by atoms with Crippen LogP contribution in [0.2, 0.25) is 0 Å². The number of nitrogens with two attached hydrogens (primary N) is 1. The van der Waals surface area contributed by atoms with Gasteiger partial charge in [0.25, 0.3) is 5.56 Å². The number of H-pyrrole nitrogens is 1. The molecule has 0 aliphatic rings. The number of halogens is 3. The molecule has 0 radical (unpaired) electrons. The number of anilines is 1. The summed E-state index contributed by atoms with van der Waals surface area (Å²) in [5, 5.41) is 0. The molecule has 0 atom stereocenters. The topological polar surface area (TPSA) is 124 Å². The van der Waals surface area contributed by atoms with Crippen LogP contribution in [0.15, 0.2) is 39.9 Å². The van der Waals surface area contributed by atoms with Crippen molar-refractivity contribution in [1.29, 1.82) is 0 Å². The average molecular weight is 397 g/mol. The van der Waals surface area contributed by atoms with Gasteiger partial charge in [-0.1, -0.05) is 12.1 Å². The lowest BCUT2D eigenvalue weighted by molar-refractivity contribution is -0.138. The van der Waals surface area contributed by atoms with E-state index in [0.717, 1.165) is 34.9 Å². The standard InChI is InChI=1S/C17H14F3N3O5/c1-23-14(21)13(15(26)22-16(23)27)11(24)8-28-12(25)7-4-9-2-5-10(6-3-9)17(18,19)20/h2-7H,8,21H2,1H3,(H,22,26,27)/b7-4+. The minimum absolute atomic E-state index is 0.301. The lowest BCUT2D eigenvalue weighted by atomic mass is 10.1. The summed E-state index contributed by atoms with van der Waals surface area (Å²) in [6.45, 7) is -0.818. The number of hydrogen-bond donors (Lipinski definition) is 2. The second-order valence-corrected chi connectivity index (χ2v) is 5.56. The molecule has 28 heavy (non-hydrogen) atoms. The van der Waals surface area contributed by atoms with Crippen LogP contribution < -0.4 is 17.0 Å². The summed E-state index contributed by atoms with van der Waals surface area (Å²) >= 11 is 0. The Hall–Kier alpha value is -3.63. The normalized spacial score (nSPS) is 11.6. The van der Waals surface area contributed by atoms with Gasteiger partial charge in [0.1, 0.15) is 11.4 Å². The third kappa shape index (κ3) is 4.75. The Morgan fingerprint density at radius 2 is 1.82 bits per heavy atom. The Kier molecular flexibility index (Phi) is 5.87. The Morgan fingerprint density at radius 1 is 1.21 bits per heavy atom. The molecular weight excluding hydrogens is 383 g/mol. The number of carbonyl (C=O) groups is 2. The Balaban J connectivity index is 2.02. The highest BCUT2D eigenvalue weighted by Gasteiger charge is 2.29. The number of aromatic nitrogens is 2. The first kappa shape index (κ1) is 20.7. The molecule has 1 aromatic heterocycles. The van der Waals surface area contributed by atoms with Crippen molar-refractivity contribution in [2.45, 2.75) is 6.18 Å². The van der Waals surface area contributed by atoms with Crippen LogP contribution >= 0.6 is 0 Å². The van der Waals surface area contributed by atoms with Gasteiger partial charge in [-0.3, -0.25) is 19.1 Å². The van der Waals surface area contributed by atoms with Gasteiger partial charge in [-0.15, -0.1) is 0 Å². The van der Waals surface area contributed by atoms with E-state index in [-0.39, 0.29) is 5.82 Å². The molecule has 0 saturated carbocycles. The maximum absolute atomic E-state index is 12.5. The van der Waals surface area contributed by atoms with Crippen LogP contribution in [-0.2, 0) is 22.8 Å². The fraction of sp³-hybridized carbons (Fsp3) is 0.176. The molecule has 148 valence electrons. The fourth-order valence-corrected chi connectivity index (χ4v) is 2.11. The zero-order valence-corrected chi connectivity index (χ0v) is 14.4. The largest absolute Gasteiger partial charge is 0.454 e. The molecule has 1 aromatic carbocycles. The predicted octanol–water partition coefficient (Wildman–Crippen LogP) is 1.11. The number of carbonyl (C=O) groups excluding carboxylic acids is 2. The molecule has 0 amide bonds. The van der Waals surface area contributed by atoms with E-state index in [0.29, 0.717) is 5.56 Å². The van der Waals surface area contributed by atoms with E-state index in [1.165, 1.54) is 13.1 Å². The quantitative estimate of drug-likeness (QED) is 0.443. The number of benzene rings is 1. The average Bonchev–Trinajstić information content (AvgIpc) is 2.62. The summed E-state index contributed by atoms with van der Waals surface area (Å²) in [6.07, 6.45) is -2.37. The summed E-state index contributed by atoms with van der Waals surface area (Å²) in [5.74, 6) is -2.27. The Morgan fingerprint density at radius 3 is 2.39 bits per heavy atom. The van der Waals surface area contributed by atoms with Gasteiger partial charge in [-0.25, -0.2) is 9.59 Å². The molecule has 0 saturated heterocycles. The minimum Gasteiger partial charge on any atom is -0.454 e. The molecule has 0 bridgehead atoms. The first-order chi connectivity index (χ1) is 13.0. The van der Waals surface area contributed by atoms with E-state index in [9.17, 15) is 32.3 Å². The molecule has 11 heteroatoms. The fourth-order valence-electron chi connectivity index (χ4n) is 2.11. The van der Waals surface area contributed by atoms with Crippen LogP contribution in [0, 0.1) is 0 Å². The maximum atomic E-state index is 12.5.